The molecule has 0 amide bonds. The lowest BCUT2D eigenvalue weighted by atomic mass is 10.1. The Kier molecular flexibility index (Phi) is 4.65. The molecule has 0 aliphatic heterocycles. The second kappa shape index (κ2) is 6.45. The molecule has 0 atom stereocenters. The van der Waals surface area contributed by atoms with E-state index in [2.05, 4.69) is 0 Å². The second-order valence-corrected chi connectivity index (χ2v) is 5.00. The van der Waals surface area contributed by atoms with E-state index in [0.29, 0.717) is 17.1 Å². The molecule has 0 saturated carbocycles. The number of hydrogen-bond donors (Lipinski definition) is 0. The summed E-state index contributed by atoms with van der Waals surface area (Å²) in [7, 11) is 3.50. The molecule has 6 heteroatoms. The Morgan fingerprint density at radius 3 is 2.71 bits per heavy atom. The van der Waals surface area contributed by atoms with Gasteiger partial charge in [0.2, 0.25) is 0 Å². The third kappa shape index (κ3) is 3.64. The molecule has 0 radical (unpaired) electrons. The number of ether oxygens (including phenoxy) is 1. The van der Waals surface area contributed by atoms with Crippen molar-refractivity contribution < 1.29 is 9.66 Å². The minimum atomic E-state index is -0.425. The number of nitro groups is 1. The molecule has 0 saturated heterocycles. The predicted molar refractivity (Wildman–Crippen MR) is 83.2 cm³/mol. The number of hydrogen-bond acceptors (Lipinski definition) is 4. The third-order valence-corrected chi connectivity index (χ3v) is 3.51. The summed E-state index contributed by atoms with van der Waals surface area (Å²) in [6.45, 7) is 0.466. The van der Waals surface area contributed by atoms with Gasteiger partial charge in [-0.05, 0) is 23.8 Å². The lowest BCUT2D eigenvalue weighted by Crippen LogP contribution is -2.16. The van der Waals surface area contributed by atoms with Crippen LogP contribution in [0.3, 0.4) is 0 Å². The quantitative estimate of drug-likeness (QED) is 0.621. The summed E-state index contributed by atoms with van der Waals surface area (Å²) in [5, 5.41) is 11.3. The summed E-state index contributed by atoms with van der Waals surface area (Å²) < 4.78 is 5.19. The number of nitrogens with zero attached hydrogens (tertiary/aromatic N) is 2. The molecule has 21 heavy (non-hydrogen) atoms. The van der Waals surface area contributed by atoms with Crippen LogP contribution in [0, 0.1) is 10.1 Å². The SMILES string of the molecule is COc1cccc(N(C)Cc2cc([N+](=O)[O-])ccc2Cl)c1. The molecule has 0 heterocycles. The minimum absolute atomic E-state index is 0.0356. The van der Waals surface area contributed by atoms with E-state index < -0.39 is 4.92 Å². The molecule has 0 fully saturated rings. The van der Waals surface area contributed by atoms with Gasteiger partial charge in [-0.3, -0.25) is 10.1 Å². The zero-order chi connectivity index (χ0) is 15.4. The van der Waals surface area contributed by atoms with Gasteiger partial charge < -0.3 is 9.64 Å². The maximum absolute atomic E-state index is 10.8. The van der Waals surface area contributed by atoms with Gasteiger partial charge in [-0.15, -0.1) is 0 Å². The van der Waals surface area contributed by atoms with Crippen LogP contribution in [-0.4, -0.2) is 19.1 Å². The first kappa shape index (κ1) is 15.1. The van der Waals surface area contributed by atoms with Crippen LogP contribution < -0.4 is 9.64 Å². The fourth-order valence-corrected chi connectivity index (χ4v) is 2.17. The molecule has 2 rings (SSSR count). The second-order valence-electron chi connectivity index (χ2n) is 4.59. The highest BCUT2D eigenvalue weighted by Crippen LogP contribution is 2.26. The number of nitro benzene ring substituents is 1. The molecule has 2 aromatic carbocycles. The van der Waals surface area contributed by atoms with Gasteiger partial charge in [0.15, 0.2) is 0 Å². The number of methoxy groups -OCH3 is 1. The molecule has 0 aliphatic rings. The van der Waals surface area contributed by atoms with Crippen LogP contribution in [-0.2, 0) is 6.54 Å². The summed E-state index contributed by atoms with van der Waals surface area (Å²) in [4.78, 5) is 12.4. The van der Waals surface area contributed by atoms with E-state index in [1.165, 1.54) is 12.1 Å². The van der Waals surface area contributed by atoms with E-state index in [4.69, 9.17) is 16.3 Å². The Morgan fingerprint density at radius 2 is 2.05 bits per heavy atom. The number of benzene rings is 2. The Labute approximate surface area is 127 Å². The Bertz CT molecular complexity index is 661. The molecule has 0 aliphatic carbocycles. The highest BCUT2D eigenvalue weighted by atomic mass is 35.5. The fourth-order valence-electron chi connectivity index (χ4n) is 1.99. The summed E-state index contributed by atoms with van der Waals surface area (Å²) in [6, 6.07) is 12.0. The van der Waals surface area contributed by atoms with Gasteiger partial charge in [0.1, 0.15) is 5.75 Å². The third-order valence-electron chi connectivity index (χ3n) is 3.14. The molecule has 0 unspecified atom stereocenters. The summed E-state index contributed by atoms with van der Waals surface area (Å²) in [5.74, 6) is 0.754. The van der Waals surface area contributed by atoms with Gasteiger partial charge in [-0.25, -0.2) is 0 Å². The summed E-state index contributed by atoms with van der Waals surface area (Å²) in [5.41, 5.74) is 1.68. The first-order valence-electron chi connectivity index (χ1n) is 6.29. The van der Waals surface area contributed by atoms with E-state index in [9.17, 15) is 10.1 Å². The van der Waals surface area contributed by atoms with E-state index in [-0.39, 0.29) is 5.69 Å². The van der Waals surface area contributed by atoms with Crippen LogP contribution in [0.2, 0.25) is 5.02 Å². The van der Waals surface area contributed by atoms with Crippen molar-refractivity contribution in [3.8, 4) is 5.75 Å². The molecule has 0 spiro atoms. The van der Waals surface area contributed by atoms with Crippen molar-refractivity contribution in [2.24, 2.45) is 0 Å². The highest BCUT2D eigenvalue weighted by molar-refractivity contribution is 6.31. The van der Waals surface area contributed by atoms with E-state index in [1.54, 1.807) is 13.2 Å². The van der Waals surface area contributed by atoms with Crippen LogP contribution in [0.15, 0.2) is 42.5 Å². The first-order chi connectivity index (χ1) is 10.0. The van der Waals surface area contributed by atoms with Gasteiger partial charge in [0, 0.05) is 42.5 Å². The molecule has 2 aromatic rings. The molecule has 5 nitrogen and oxygen atoms in total. The largest absolute Gasteiger partial charge is 0.497 e. The average molecular weight is 307 g/mol. The molecule has 0 bridgehead atoms. The molecule has 0 N–H and O–H groups in total. The van der Waals surface area contributed by atoms with Crippen molar-refractivity contribution in [2.45, 2.75) is 6.54 Å². The minimum Gasteiger partial charge on any atom is -0.497 e. The van der Waals surface area contributed by atoms with E-state index >= 15 is 0 Å². The van der Waals surface area contributed by atoms with Crippen molar-refractivity contribution in [1.29, 1.82) is 0 Å². The Balaban J connectivity index is 2.24. The number of rotatable bonds is 5. The van der Waals surface area contributed by atoms with Crippen molar-refractivity contribution in [1.82, 2.24) is 0 Å². The standard InChI is InChI=1S/C15H15ClN2O3/c1-17(12-4-3-5-14(9-12)21-2)10-11-8-13(18(19)20)6-7-15(11)16/h3-9H,10H2,1-2H3. The molecular formula is C15H15ClN2O3. The summed E-state index contributed by atoms with van der Waals surface area (Å²) in [6.07, 6.45) is 0. The number of anilines is 1. The average Bonchev–Trinajstić information content (AvgIpc) is 2.49. The van der Waals surface area contributed by atoms with Gasteiger partial charge >= 0.3 is 0 Å². The number of non-ortho nitro benzene ring substituents is 1. The zero-order valence-electron chi connectivity index (χ0n) is 11.7. The van der Waals surface area contributed by atoms with Crippen LogP contribution in [0.4, 0.5) is 11.4 Å². The van der Waals surface area contributed by atoms with Gasteiger partial charge in [0.25, 0.3) is 5.69 Å². The van der Waals surface area contributed by atoms with Gasteiger partial charge in [-0.1, -0.05) is 17.7 Å². The number of halogens is 1. The maximum atomic E-state index is 10.8. The van der Waals surface area contributed by atoms with Crippen molar-refractivity contribution in [3.05, 3.63) is 63.2 Å². The van der Waals surface area contributed by atoms with Crippen LogP contribution in [0.25, 0.3) is 0 Å². The van der Waals surface area contributed by atoms with Crippen LogP contribution >= 0.6 is 11.6 Å². The zero-order valence-corrected chi connectivity index (χ0v) is 12.5. The molecule has 110 valence electrons. The predicted octanol–water partition coefficient (Wildman–Crippen LogP) is 3.89. The van der Waals surface area contributed by atoms with Crippen molar-refractivity contribution >= 4 is 23.0 Å². The van der Waals surface area contributed by atoms with E-state index in [0.717, 1.165) is 11.4 Å². The van der Waals surface area contributed by atoms with Gasteiger partial charge in [-0.2, -0.15) is 0 Å². The monoisotopic (exact) mass is 306 g/mol. The Morgan fingerprint density at radius 1 is 1.29 bits per heavy atom. The van der Waals surface area contributed by atoms with Gasteiger partial charge in [0.05, 0.1) is 12.0 Å². The maximum Gasteiger partial charge on any atom is 0.269 e. The van der Waals surface area contributed by atoms with E-state index in [1.807, 2.05) is 36.2 Å². The first-order valence-corrected chi connectivity index (χ1v) is 6.67. The molecule has 0 aromatic heterocycles. The van der Waals surface area contributed by atoms with Crippen LogP contribution in [0.1, 0.15) is 5.56 Å². The van der Waals surface area contributed by atoms with Crippen LogP contribution in [0.5, 0.6) is 5.75 Å². The summed E-state index contributed by atoms with van der Waals surface area (Å²) >= 11 is 6.12. The lowest BCUT2D eigenvalue weighted by molar-refractivity contribution is -0.384. The normalized spacial score (nSPS) is 10.2. The Hall–Kier alpha value is -2.27. The smallest absolute Gasteiger partial charge is 0.269 e. The topological polar surface area (TPSA) is 55.6 Å². The highest BCUT2D eigenvalue weighted by Gasteiger charge is 2.12. The lowest BCUT2D eigenvalue weighted by Gasteiger charge is -2.20. The fraction of sp³-hybridized carbons (Fsp3) is 0.200. The molecular weight excluding hydrogens is 292 g/mol. The van der Waals surface area contributed by atoms with Crippen molar-refractivity contribution in [2.75, 3.05) is 19.1 Å². The van der Waals surface area contributed by atoms with Crippen molar-refractivity contribution in [3.63, 3.8) is 0 Å².